The first-order chi connectivity index (χ1) is 13.1. The monoisotopic (exact) mass is 365 g/mol. The minimum atomic E-state index is -0.311. The van der Waals surface area contributed by atoms with Crippen LogP contribution in [0.3, 0.4) is 0 Å². The molecule has 4 rings (SSSR count). The molecule has 2 aliphatic rings. The van der Waals surface area contributed by atoms with Crippen molar-refractivity contribution in [3.05, 3.63) is 65.2 Å². The van der Waals surface area contributed by atoms with Crippen LogP contribution in [0.25, 0.3) is 0 Å². The largest absolute Gasteiger partial charge is 0.445 e. The first kappa shape index (κ1) is 17.4. The van der Waals surface area contributed by atoms with Gasteiger partial charge >= 0.3 is 6.09 Å². The molecule has 2 aromatic rings. The van der Waals surface area contributed by atoms with E-state index < -0.39 is 0 Å². The van der Waals surface area contributed by atoms with Crippen molar-refractivity contribution in [2.75, 3.05) is 24.5 Å². The Bertz CT molecular complexity index is 853. The molecule has 2 aliphatic heterocycles. The Kier molecular flexibility index (Phi) is 4.71. The summed E-state index contributed by atoms with van der Waals surface area (Å²) in [5, 5.41) is 3.08. The van der Waals surface area contributed by atoms with Crippen LogP contribution in [0.15, 0.2) is 48.5 Å². The van der Waals surface area contributed by atoms with Crippen LogP contribution < -0.4 is 10.2 Å². The van der Waals surface area contributed by atoms with Crippen molar-refractivity contribution < 1.29 is 14.3 Å². The summed E-state index contributed by atoms with van der Waals surface area (Å²) >= 11 is 0. The van der Waals surface area contributed by atoms with Gasteiger partial charge < -0.3 is 19.9 Å². The van der Waals surface area contributed by atoms with E-state index >= 15 is 0 Å². The zero-order chi connectivity index (χ0) is 18.8. The zero-order valence-corrected chi connectivity index (χ0v) is 15.4. The number of aryl methyl sites for hydroxylation is 1. The standard InChI is InChI=1S/C21H23N3O3/c1-15-6-5-9-17-19(15)20(25)22-18-10-11-23(12-13-24(17)18)21(26)27-14-16-7-3-2-4-8-16/h2-9,18H,10-14H2,1H3,(H,22,25). The lowest BCUT2D eigenvalue weighted by Crippen LogP contribution is -2.53. The summed E-state index contributed by atoms with van der Waals surface area (Å²) < 4.78 is 5.47. The Morgan fingerprint density at radius 1 is 1.11 bits per heavy atom. The van der Waals surface area contributed by atoms with E-state index in [0.29, 0.717) is 26.1 Å². The molecule has 0 radical (unpaired) electrons. The highest BCUT2D eigenvalue weighted by Crippen LogP contribution is 2.30. The lowest BCUT2D eigenvalue weighted by Gasteiger charge is -2.38. The van der Waals surface area contributed by atoms with Crippen LogP contribution in [0.4, 0.5) is 10.5 Å². The highest BCUT2D eigenvalue weighted by Gasteiger charge is 2.34. The lowest BCUT2D eigenvalue weighted by molar-refractivity contribution is 0.0922. The van der Waals surface area contributed by atoms with Crippen molar-refractivity contribution in [2.24, 2.45) is 0 Å². The predicted molar refractivity (Wildman–Crippen MR) is 103 cm³/mol. The molecule has 0 bridgehead atoms. The SMILES string of the molecule is Cc1cccc2c1C(=O)NC1CCN(C(=O)OCc3ccccc3)CCN21. The molecule has 6 heteroatoms. The van der Waals surface area contributed by atoms with Crippen LogP contribution in [0.2, 0.25) is 0 Å². The van der Waals surface area contributed by atoms with E-state index in [1.54, 1.807) is 4.90 Å². The molecule has 2 amide bonds. The molecule has 0 aromatic heterocycles. The molecule has 1 N–H and O–H groups in total. The van der Waals surface area contributed by atoms with Crippen LogP contribution in [0.5, 0.6) is 0 Å². The van der Waals surface area contributed by atoms with Gasteiger partial charge in [-0.2, -0.15) is 0 Å². The lowest BCUT2D eigenvalue weighted by atomic mass is 10.0. The predicted octanol–water partition coefficient (Wildman–Crippen LogP) is 2.91. The minimum Gasteiger partial charge on any atom is -0.445 e. The van der Waals surface area contributed by atoms with E-state index in [2.05, 4.69) is 10.2 Å². The Morgan fingerprint density at radius 3 is 2.74 bits per heavy atom. The number of benzene rings is 2. The van der Waals surface area contributed by atoms with E-state index in [9.17, 15) is 9.59 Å². The molecule has 140 valence electrons. The fourth-order valence-corrected chi connectivity index (χ4v) is 3.77. The number of rotatable bonds is 2. The van der Waals surface area contributed by atoms with Gasteiger partial charge in [-0.3, -0.25) is 4.79 Å². The van der Waals surface area contributed by atoms with Gasteiger partial charge in [0.05, 0.1) is 11.3 Å². The highest BCUT2D eigenvalue weighted by molar-refractivity contribution is 6.03. The second-order valence-corrected chi connectivity index (χ2v) is 6.97. The molecule has 0 aliphatic carbocycles. The number of nitrogens with one attached hydrogen (secondary N) is 1. The van der Waals surface area contributed by atoms with Crippen LogP contribution in [-0.2, 0) is 11.3 Å². The summed E-state index contributed by atoms with van der Waals surface area (Å²) in [5.74, 6) is -0.0375. The quantitative estimate of drug-likeness (QED) is 0.889. The summed E-state index contributed by atoms with van der Waals surface area (Å²) in [6.07, 6.45) is 0.257. The van der Waals surface area contributed by atoms with Crippen molar-refractivity contribution in [1.29, 1.82) is 0 Å². The van der Waals surface area contributed by atoms with Gasteiger partial charge in [0.1, 0.15) is 12.8 Å². The molecule has 1 atom stereocenters. The maximum atomic E-state index is 12.5. The maximum Gasteiger partial charge on any atom is 0.410 e. The second-order valence-electron chi connectivity index (χ2n) is 6.97. The van der Waals surface area contributed by atoms with E-state index in [1.807, 2.05) is 55.5 Å². The number of hydrogen-bond donors (Lipinski definition) is 1. The van der Waals surface area contributed by atoms with Crippen LogP contribution in [0, 0.1) is 6.92 Å². The summed E-state index contributed by atoms with van der Waals surface area (Å²) in [6, 6.07) is 15.6. The fourth-order valence-electron chi connectivity index (χ4n) is 3.77. The summed E-state index contributed by atoms with van der Waals surface area (Å²) in [6.45, 7) is 3.98. The van der Waals surface area contributed by atoms with Crippen LogP contribution in [0.1, 0.15) is 27.9 Å². The Hall–Kier alpha value is -3.02. The average molecular weight is 365 g/mol. The van der Waals surface area contributed by atoms with E-state index in [0.717, 1.165) is 22.4 Å². The third-order valence-corrected chi connectivity index (χ3v) is 5.21. The van der Waals surface area contributed by atoms with Gasteiger partial charge in [0.15, 0.2) is 0 Å². The van der Waals surface area contributed by atoms with Gasteiger partial charge in [0.25, 0.3) is 5.91 Å². The molecular formula is C21H23N3O3. The Morgan fingerprint density at radius 2 is 1.93 bits per heavy atom. The van der Waals surface area contributed by atoms with Gasteiger partial charge in [-0.15, -0.1) is 0 Å². The third kappa shape index (κ3) is 3.47. The van der Waals surface area contributed by atoms with Gasteiger partial charge in [0.2, 0.25) is 0 Å². The maximum absolute atomic E-state index is 12.5. The highest BCUT2D eigenvalue weighted by atomic mass is 16.6. The van der Waals surface area contributed by atoms with E-state index in [-0.39, 0.29) is 24.8 Å². The molecule has 2 heterocycles. The number of carbonyl (C=O) groups is 2. The number of hydrogen-bond acceptors (Lipinski definition) is 4. The van der Waals surface area contributed by atoms with Gasteiger partial charge in [-0.1, -0.05) is 42.5 Å². The number of amides is 2. The topological polar surface area (TPSA) is 61.9 Å². The van der Waals surface area contributed by atoms with Crippen molar-refractivity contribution in [3.8, 4) is 0 Å². The number of ether oxygens (including phenoxy) is 1. The molecule has 0 spiro atoms. The average Bonchev–Trinajstić information content (AvgIpc) is 2.90. The smallest absolute Gasteiger partial charge is 0.410 e. The van der Waals surface area contributed by atoms with Crippen molar-refractivity contribution in [1.82, 2.24) is 10.2 Å². The summed E-state index contributed by atoms with van der Waals surface area (Å²) in [4.78, 5) is 28.9. The third-order valence-electron chi connectivity index (χ3n) is 5.21. The first-order valence-corrected chi connectivity index (χ1v) is 9.26. The Labute approximate surface area is 158 Å². The molecular weight excluding hydrogens is 342 g/mol. The second kappa shape index (κ2) is 7.31. The van der Waals surface area contributed by atoms with Crippen LogP contribution >= 0.6 is 0 Å². The number of nitrogens with zero attached hydrogens (tertiary/aromatic N) is 2. The zero-order valence-electron chi connectivity index (χ0n) is 15.4. The van der Waals surface area contributed by atoms with E-state index in [4.69, 9.17) is 4.74 Å². The first-order valence-electron chi connectivity index (χ1n) is 9.26. The number of carbonyl (C=O) groups excluding carboxylic acids is 2. The Balaban J connectivity index is 1.45. The molecule has 27 heavy (non-hydrogen) atoms. The van der Waals surface area contributed by atoms with Crippen LogP contribution in [-0.4, -0.2) is 42.7 Å². The van der Waals surface area contributed by atoms with Crippen molar-refractivity contribution in [2.45, 2.75) is 26.1 Å². The van der Waals surface area contributed by atoms with Gasteiger partial charge in [-0.05, 0) is 24.1 Å². The summed E-state index contributed by atoms with van der Waals surface area (Å²) in [7, 11) is 0. The van der Waals surface area contributed by atoms with Gasteiger partial charge in [-0.25, -0.2) is 4.79 Å². The number of fused-ring (bicyclic) bond motifs is 3. The minimum absolute atomic E-state index is 0.0375. The van der Waals surface area contributed by atoms with E-state index in [1.165, 1.54) is 0 Å². The molecule has 2 aromatic carbocycles. The van der Waals surface area contributed by atoms with Crippen molar-refractivity contribution >= 4 is 17.7 Å². The molecule has 1 unspecified atom stereocenters. The fraction of sp³-hybridized carbons (Fsp3) is 0.333. The normalized spacial score (nSPS) is 18.9. The summed E-state index contributed by atoms with van der Waals surface area (Å²) in [5.41, 5.74) is 3.61. The molecule has 1 saturated heterocycles. The van der Waals surface area contributed by atoms with Crippen molar-refractivity contribution in [3.63, 3.8) is 0 Å². The molecule has 6 nitrogen and oxygen atoms in total. The van der Waals surface area contributed by atoms with Gasteiger partial charge in [0, 0.05) is 26.1 Å². The molecule has 1 fully saturated rings. The number of anilines is 1. The molecule has 0 saturated carbocycles.